The van der Waals surface area contributed by atoms with Crippen LogP contribution in [0.15, 0.2) is 218 Å². The fourth-order valence-electron chi connectivity index (χ4n) is 9.16. The standard InChI is InChI=1S/C58H36N2/c1-2-11-43(12-3-1)58-59-55(36-56(60-58)48-29-22-37-10-4-5-13-44(37)32-48)41-27-25-40(26-28-41)53-34-46-15-7-6-14-45(46)33-52(53)39-23-20-38(21-24-39)47-30-31-49-50-18-8-16-42-17-9-19-51(57(42)50)54(49)35-47/h1-36H. The van der Waals surface area contributed by atoms with Gasteiger partial charge < -0.3 is 0 Å². The first-order chi connectivity index (χ1) is 29.7. The summed E-state index contributed by atoms with van der Waals surface area (Å²) in [4.78, 5) is 10.2. The zero-order valence-corrected chi connectivity index (χ0v) is 32.7. The molecule has 12 rings (SSSR count). The summed E-state index contributed by atoms with van der Waals surface area (Å²) in [6.07, 6.45) is 0. The lowest BCUT2D eigenvalue weighted by Gasteiger charge is -2.15. The molecule has 0 radical (unpaired) electrons. The first kappa shape index (κ1) is 34.1. The van der Waals surface area contributed by atoms with Crippen LogP contribution in [0.5, 0.6) is 0 Å². The maximum Gasteiger partial charge on any atom is 0.160 e. The van der Waals surface area contributed by atoms with E-state index in [0.29, 0.717) is 5.82 Å². The molecule has 278 valence electrons. The smallest absolute Gasteiger partial charge is 0.160 e. The topological polar surface area (TPSA) is 25.8 Å². The van der Waals surface area contributed by atoms with Gasteiger partial charge in [0.05, 0.1) is 11.4 Å². The van der Waals surface area contributed by atoms with Gasteiger partial charge in [-0.25, -0.2) is 9.97 Å². The minimum absolute atomic E-state index is 0.711. The van der Waals surface area contributed by atoms with E-state index in [1.54, 1.807) is 0 Å². The van der Waals surface area contributed by atoms with E-state index in [1.165, 1.54) is 82.4 Å². The Bertz CT molecular complexity index is 3450. The van der Waals surface area contributed by atoms with Crippen LogP contribution in [0, 0.1) is 0 Å². The molecule has 0 aliphatic heterocycles. The minimum atomic E-state index is 0.711. The van der Waals surface area contributed by atoms with Crippen molar-refractivity contribution in [2.75, 3.05) is 0 Å². The van der Waals surface area contributed by atoms with Gasteiger partial charge in [-0.05, 0) is 118 Å². The van der Waals surface area contributed by atoms with Crippen molar-refractivity contribution in [1.82, 2.24) is 9.97 Å². The summed E-state index contributed by atoms with van der Waals surface area (Å²) < 4.78 is 0. The van der Waals surface area contributed by atoms with Gasteiger partial charge in [-0.15, -0.1) is 0 Å². The second-order valence-electron chi connectivity index (χ2n) is 15.8. The van der Waals surface area contributed by atoms with Crippen LogP contribution < -0.4 is 0 Å². The van der Waals surface area contributed by atoms with Crippen molar-refractivity contribution in [2.24, 2.45) is 0 Å². The third kappa shape index (κ3) is 5.81. The molecule has 0 bridgehead atoms. The molecule has 10 aromatic carbocycles. The molecule has 0 saturated heterocycles. The second kappa shape index (κ2) is 13.9. The molecule has 0 N–H and O–H groups in total. The van der Waals surface area contributed by atoms with Crippen molar-refractivity contribution in [1.29, 1.82) is 0 Å². The minimum Gasteiger partial charge on any atom is -0.228 e. The average molecular weight is 761 g/mol. The highest BCUT2D eigenvalue weighted by Crippen LogP contribution is 2.48. The zero-order valence-electron chi connectivity index (χ0n) is 32.7. The molecule has 1 aliphatic carbocycles. The van der Waals surface area contributed by atoms with Crippen LogP contribution >= 0.6 is 0 Å². The molecule has 60 heavy (non-hydrogen) atoms. The lowest BCUT2D eigenvalue weighted by Crippen LogP contribution is -1.96. The van der Waals surface area contributed by atoms with E-state index in [4.69, 9.17) is 9.97 Å². The third-order valence-corrected chi connectivity index (χ3v) is 12.2. The van der Waals surface area contributed by atoms with Gasteiger partial charge in [-0.3, -0.25) is 0 Å². The SMILES string of the molecule is c1ccc(-c2nc(-c3ccc(-c4cc5ccccc5cc4-c4ccc(-c5ccc6c(c5)-c5cccc7cccc-6c57)cc4)cc3)cc(-c3ccc4ccccc4c3)n2)cc1. The van der Waals surface area contributed by atoms with Gasteiger partial charge in [-0.2, -0.15) is 0 Å². The average Bonchev–Trinajstić information content (AvgIpc) is 3.65. The van der Waals surface area contributed by atoms with Crippen LogP contribution in [-0.2, 0) is 0 Å². The van der Waals surface area contributed by atoms with Gasteiger partial charge in [0.2, 0.25) is 0 Å². The normalized spacial score (nSPS) is 11.7. The van der Waals surface area contributed by atoms with Gasteiger partial charge >= 0.3 is 0 Å². The van der Waals surface area contributed by atoms with E-state index in [1.807, 2.05) is 18.2 Å². The molecule has 11 aromatic rings. The Morgan fingerprint density at radius 1 is 0.217 bits per heavy atom. The molecule has 0 atom stereocenters. The first-order valence-corrected chi connectivity index (χ1v) is 20.5. The summed E-state index contributed by atoms with van der Waals surface area (Å²) in [5, 5.41) is 7.50. The summed E-state index contributed by atoms with van der Waals surface area (Å²) in [5.74, 6) is 0.711. The maximum atomic E-state index is 5.13. The van der Waals surface area contributed by atoms with Gasteiger partial charge in [0.1, 0.15) is 0 Å². The molecule has 0 fully saturated rings. The van der Waals surface area contributed by atoms with Crippen LogP contribution in [0.2, 0.25) is 0 Å². The van der Waals surface area contributed by atoms with Crippen molar-refractivity contribution >= 4 is 32.3 Å². The lowest BCUT2D eigenvalue weighted by atomic mass is 9.90. The molecular formula is C58H36N2. The van der Waals surface area contributed by atoms with Crippen molar-refractivity contribution in [3.05, 3.63) is 218 Å². The molecule has 1 aromatic heterocycles. The van der Waals surface area contributed by atoms with Crippen LogP contribution in [-0.4, -0.2) is 9.97 Å². The van der Waals surface area contributed by atoms with Gasteiger partial charge in [0.15, 0.2) is 5.82 Å². The Morgan fingerprint density at radius 3 is 1.38 bits per heavy atom. The highest BCUT2D eigenvalue weighted by molar-refractivity contribution is 6.15. The molecule has 1 heterocycles. The fourth-order valence-corrected chi connectivity index (χ4v) is 9.16. The number of rotatable bonds is 6. The Kier molecular flexibility index (Phi) is 7.89. The fraction of sp³-hybridized carbons (Fsp3) is 0. The van der Waals surface area contributed by atoms with Crippen LogP contribution in [0.25, 0.3) is 122 Å². The summed E-state index contributed by atoms with van der Waals surface area (Å²) in [6.45, 7) is 0. The molecule has 2 heteroatoms. The second-order valence-corrected chi connectivity index (χ2v) is 15.8. The molecular weight excluding hydrogens is 725 g/mol. The number of benzene rings is 10. The molecule has 0 amide bonds. The number of hydrogen-bond donors (Lipinski definition) is 0. The lowest BCUT2D eigenvalue weighted by molar-refractivity contribution is 1.18. The highest BCUT2D eigenvalue weighted by atomic mass is 14.9. The van der Waals surface area contributed by atoms with Crippen LogP contribution in [0.1, 0.15) is 0 Å². The van der Waals surface area contributed by atoms with Crippen molar-refractivity contribution < 1.29 is 0 Å². The summed E-state index contributed by atoms with van der Waals surface area (Å²) in [7, 11) is 0. The Hall–Kier alpha value is -7.94. The quantitative estimate of drug-likeness (QED) is 0.169. The predicted molar refractivity (Wildman–Crippen MR) is 252 cm³/mol. The predicted octanol–water partition coefficient (Wildman–Crippen LogP) is 15.6. The molecule has 1 aliphatic rings. The Balaban J connectivity index is 0.916. The summed E-state index contributed by atoms with van der Waals surface area (Å²) in [5.41, 5.74) is 17.3. The van der Waals surface area contributed by atoms with Gasteiger partial charge in [-0.1, -0.05) is 188 Å². The molecule has 0 unspecified atom stereocenters. The number of nitrogens with zero attached hydrogens (tertiary/aromatic N) is 2. The largest absolute Gasteiger partial charge is 0.228 e. The zero-order chi connectivity index (χ0) is 39.6. The number of aromatic nitrogens is 2. The first-order valence-electron chi connectivity index (χ1n) is 20.5. The van der Waals surface area contributed by atoms with E-state index in [-0.39, 0.29) is 0 Å². The van der Waals surface area contributed by atoms with Crippen LogP contribution in [0.4, 0.5) is 0 Å². The molecule has 0 spiro atoms. The molecule has 0 saturated carbocycles. The van der Waals surface area contributed by atoms with Crippen molar-refractivity contribution in [2.45, 2.75) is 0 Å². The maximum absolute atomic E-state index is 5.13. The monoisotopic (exact) mass is 760 g/mol. The Labute approximate surface area is 348 Å². The van der Waals surface area contributed by atoms with E-state index in [2.05, 4.69) is 200 Å². The number of hydrogen-bond acceptors (Lipinski definition) is 2. The molecule has 2 nitrogen and oxygen atoms in total. The van der Waals surface area contributed by atoms with E-state index < -0.39 is 0 Å². The van der Waals surface area contributed by atoms with Crippen molar-refractivity contribution in [3.8, 4) is 89.5 Å². The highest BCUT2D eigenvalue weighted by Gasteiger charge is 2.21. The van der Waals surface area contributed by atoms with E-state index in [9.17, 15) is 0 Å². The van der Waals surface area contributed by atoms with Crippen LogP contribution in [0.3, 0.4) is 0 Å². The summed E-state index contributed by atoms with van der Waals surface area (Å²) >= 11 is 0. The van der Waals surface area contributed by atoms with E-state index in [0.717, 1.165) is 33.6 Å². The third-order valence-electron chi connectivity index (χ3n) is 12.2. The van der Waals surface area contributed by atoms with Gasteiger partial charge in [0.25, 0.3) is 0 Å². The van der Waals surface area contributed by atoms with Gasteiger partial charge in [0, 0.05) is 16.7 Å². The summed E-state index contributed by atoms with van der Waals surface area (Å²) in [6, 6.07) is 78.9. The van der Waals surface area contributed by atoms with Crippen molar-refractivity contribution in [3.63, 3.8) is 0 Å². The van der Waals surface area contributed by atoms with E-state index >= 15 is 0 Å². The number of fused-ring (bicyclic) bond motifs is 5. The Morgan fingerprint density at radius 2 is 0.717 bits per heavy atom.